The van der Waals surface area contributed by atoms with E-state index in [4.69, 9.17) is 5.84 Å². The summed E-state index contributed by atoms with van der Waals surface area (Å²) in [5.41, 5.74) is 3.52. The Morgan fingerprint density at radius 1 is 1.10 bits per heavy atom. The molecule has 2 aromatic rings. The lowest BCUT2D eigenvalue weighted by Crippen LogP contribution is -2.30. The molecule has 2 rings (SSSR count). The van der Waals surface area contributed by atoms with Crippen molar-refractivity contribution >= 4 is 17.5 Å². The number of hydrogen-bond donors (Lipinski definition) is 3. The fourth-order valence-corrected chi connectivity index (χ4v) is 1.86. The highest BCUT2D eigenvalue weighted by molar-refractivity contribution is 6.05. The normalized spacial score (nSPS) is 10.0. The number of anilines is 1. The second-order valence-corrected chi connectivity index (χ2v) is 4.44. The van der Waals surface area contributed by atoms with Crippen molar-refractivity contribution in [3.05, 3.63) is 65.0 Å². The molecule has 0 aliphatic carbocycles. The minimum atomic E-state index is -0.591. The zero-order valence-electron chi connectivity index (χ0n) is 11.3. The second kappa shape index (κ2) is 6.15. The van der Waals surface area contributed by atoms with Crippen LogP contribution in [0.5, 0.6) is 0 Å². The molecule has 0 aromatic heterocycles. The zero-order valence-corrected chi connectivity index (χ0v) is 11.3. The van der Waals surface area contributed by atoms with Gasteiger partial charge in [-0.2, -0.15) is 0 Å². The Labute approximate surface area is 120 Å². The maximum absolute atomic E-state index is 13.5. The molecule has 108 valence electrons. The number of carbonyl (C=O) groups excluding carboxylic acids is 2. The molecular weight excluding hydrogens is 273 g/mol. The van der Waals surface area contributed by atoms with Crippen LogP contribution in [0.1, 0.15) is 26.3 Å². The summed E-state index contributed by atoms with van der Waals surface area (Å²) in [7, 11) is 0. The molecule has 4 N–H and O–H groups in total. The number of amides is 2. The highest BCUT2D eigenvalue weighted by Gasteiger charge is 2.13. The predicted molar refractivity (Wildman–Crippen MR) is 77.2 cm³/mol. The lowest BCUT2D eigenvalue weighted by Gasteiger charge is -2.10. The smallest absolute Gasteiger partial charge is 0.265 e. The highest BCUT2D eigenvalue weighted by Crippen LogP contribution is 2.18. The van der Waals surface area contributed by atoms with Crippen molar-refractivity contribution < 1.29 is 14.0 Å². The average Bonchev–Trinajstić information content (AvgIpc) is 2.48. The molecule has 0 saturated heterocycles. The van der Waals surface area contributed by atoms with Crippen molar-refractivity contribution in [2.45, 2.75) is 6.92 Å². The van der Waals surface area contributed by atoms with E-state index in [1.807, 2.05) is 5.43 Å². The summed E-state index contributed by atoms with van der Waals surface area (Å²) in [5, 5.41) is 2.61. The molecule has 0 saturated carbocycles. The van der Waals surface area contributed by atoms with Crippen LogP contribution in [-0.4, -0.2) is 11.8 Å². The first-order valence-corrected chi connectivity index (χ1v) is 6.20. The van der Waals surface area contributed by atoms with Gasteiger partial charge in [0.25, 0.3) is 11.8 Å². The van der Waals surface area contributed by atoms with Crippen molar-refractivity contribution in [3.63, 3.8) is 0 Å². The minimum absolute atomic E-state index is 0.0410. The van der Waals surface area contributed by atoms with E-state index in [9.17, 15) is 14.0 Å². The number of benzene rings is 2. The van der Waals surface area contributed by atoms with Crippen LogP contribution in [-0.2, 0) is 0 Å². The molecule has 0 radical (unpaired) electrons. The summed E-state index contributed by atoms with van der Waals surface area (Å²) in [4.78, 5) is 23.4. The number of hydrazine groups is 1. The standard InChI is InChI=1S/C15H14FN3O2/c1-9-8-10(14(20)19-17)6-7-13(9)18-15(21)11-4-2-3-5-12(11)16/h2-8H,17H2,1H3,(H,18,21)(H,19,20). The van der Waals surface area contributed by atoms with Gasteiger partial charge in [0, 0.05) is 11.3 Å². The molecule has 0 unspecified atom stereocenters. The first-order valence-electron chi connectivity index (χ1n) is 6.20. The molecular formula is C15H14FN3O2. The maximum atomic E-state index is 13.5. The minimum Gasteiger partial charge on any atom is -0.322 e. The van der Waals surface area contributed by atoms with Gasteiger partial charge < -0.3 is 5.32 Å². The Hall–Kier alpha value is -2.73. The molecule has 2 aromatic carbocycles. The number of rotatable bonds is 3. The van der Waals surface area contributed by atoms with Crippen molar-refractivity contribution in [2.24, 2.45) is 5.84 Å². The topological polar surface area (TPSA) is 84.2 Å². The summed E-state index contributed by atoms with van der Waals surface area (Å²) >= 11 is 0. The molecule has 0 fully saturated rings. The Bertz CT molecular complexity index is 701. The lowest BCUT2D eigenvalue weighted by molar-refractivity contribution is 0.0953. The third kappa shape index (κ3) is 3.24. The van der Waals surface area contributed by atoms with E-state index in [1.54, 1.807) is 25.1 Å². The number of hydrogen-bond acceptors (Lipinski definition) is 3. The number of carbonyl (C=O) groups is 2. The Morgan fingerprint density at radius 3 is 2.43 bits per heavy atom. The van der Waals surface area contributed by atoms with Gasteiger partial charge in [0.2, 0.25) is 0 Å². The average molecular weight is 287 g/mol. The van der Waals surface area contributed by atoms with E-state index in [-0.39, 0.29) is 5.56 Å². The number of halogens is 1. The zero-order chi connectivity index (χ0) is 15.4. The van der Waals surface area contributed by atoms with E-state index in [2.05, 4.69) is 5.32 Å². The van der Waals surface area contributed by atoms with E-state index < -0.39 is 17.6 Å². The molecule has 0 bridgehead atoms. The molecule has 0 heterocycles. The van der Waals surface area contributed by atoms with Crippen LogP contribution in [0.2, 0.25) is 0 Å². The molecule has 0 spiro atoms. The number of nitrogens with one attached hydrogen (secondary N) is 2. The summed E-state index contributed by atoms with van der Waals surface area (Å²) < 4.78 is 13.5. The van der Waals surface area contributed by atoms with Gasteiger partial charge in [-0.05, 0) is 42.8 Å². The summed E-state index contributed by atoms with van der Waals surface area (Å²) in [6.45, 7) is 1.73. The van der Waals surface area contributed by atoms with Crippen LogP contribution in [0.3, 0.4) is 0 Å². The Morgan fingerprint density at radius 2 is 1.81 bits per heavy atom. The quantitative estimate of drug-likeness (QED) is 0.458. The Balaban J connectivity index is 2.22. The second-order valence-electron chi connectivity index (χ2n) is 4.44. The van der Waals surface area contributed by atoms with Gasteiger partial charge in [0.1, 0.15) is 5.82 Å². The summed E-state index contributed by atoms with van der Waals surface area (Å²) in [6.07, 6.45) is 0. The van der Waals surface area contributed by atoms with Gasteiger partial charge in [0.15, 0.2) is 0 Å². The lowest BCUT2D eigenvalue weighted by atomic mass is 10.1. The van der Waals surface area contributed by atoms with Crippen molar-refractivity contribution in [2.75, 3.05) is 5.32 Å². The Kier molecular flexibility index (Phi) is 4.30. The molecule has 6 heteroatoms. The van der Waals surface area contributed by atoms with Crippen LogP contribution < -0.4 is 16.6 Å². The van der Waals surface area contributed by atoms with Crippen LogP contribution in [0.15, 0.2) is 42.5 Å². The number of aryl methyl sites for hydroxylation is 1. The van der Waals surface area contributed by atoms with Gasteiger partial charge in [-0.1, -0.05) is 12.1 Å². The molecule has 21 heavy (non-hydrogen) atoms. The fourth-order valence-electron chi connectivity index (χ4n) is 1.86. The van der Waals surface area contributed by atoms with E-state index in [0.717, 1.165) is 0 Å². The SMILES string of the molecule is Cc1cc(C(=O)NN)ccc1NC(=O)c1ccccc1F. The largest absolute Gasteiger partial charge is 0.322 e. The molecule has 0 aliphatic rings. The third-order valence-electron chi connectivity index (χ3n) is 2.99. The van der Waals surface area contributed by atoms with Gasteiger partial charge in [0.05, 0.1) is 5.56 Å². The summed E-state index contributed by atoms with van der Waals surface area (Å²) in [6, 6.07) is 10.4. The van der Waals surface area contributed by atoms with Gasteiger partial charge in [-0.15, -0.1) is 0 Å². The fraction of sp³-hybridized carbons (Fsp3) is 0.0667. The summed E-state index contributed by atoms with van der Waals surface area (Å²) in [5.74, 6) is 3.49. The molecule has 0 atom stereocenters. The van der Waals surface area contributed by atoms with Gasteiger partial charge in [-0.3, -0.25) is 15.0 Å². The van der Waals surface area contributed by atoms with Crippen molar-refractivity contribution in [3.8, 4) is 0 Å². The van der Waals surface area contributed by atoms with E-state index in [1.165, 1.54) is 24.3 Å². The maximum Gasteiger partial charge on any atom is 0.265 e. The highest BCUT2D eigenvalue weighted by atomic mass is 19.1. The van der Waals surface area contributed by atoms with E-state index >= 15 is 0 Å². The van der Waals surface area contributed by atoms with Gasteiger partial charge in [-0.25, -0.2) is 10.2 Å². The predicted octanol–water partition coefficient (Wildman–Crippen LogP) is 1.99. The molecule has 5 nitrogen and oxygen atoms in total. The van der Waals surface area contributed by atoms with Crippen molar-refractivity contribution in [1.29, 1.82) is 0 Å². The van der Waals surface area contributed by atoms with Gasteiger partial charge >= 0.3 is 0 Å². The van der Waals surface area contributed by atoms with Crippen LogP contribution in [0.25, 0.3) is 0 Å². The van der Waals surface area contributed by atoms with Crippen molar-refractivity contribution in [1.82, 2.24) is 5.43 Å². The first-order chi connectivity index (χ1) is 10.0. The third-order valence-corrected chi connectivity index (χ3v) is 2.99. The molecule has 0 aliphatic heterocycles. The molecule has 2 amide bonds. The monoisotopic (exact) mass is 287 g/mol. The van der Waals surface area contributed by atoms with Crippen LogP contribution in [0.4, 0.5) is 10.1 Å². The first kappa shape index (κ1) is 14.7. The number of nitrogens with two attached hydrogens (primary N) is 1. The van der Waals surface area contributed by atoms with Crippen LogP contribution >= 0.6 is 0 Å². The number of nitrogen functional groups attached to an aromatic ring is 1. The van der Waals surface area contributed by atoms with E-state index in [0.29, 0.717) is 16.8 Å². The van der Waals surface area contributed by atoms with Crippen LogP contribution in [0, 0.1) is 12.7 Å².